The molecule has 2 saturated carbocycles. The fourth-order valence-electron chi connectivity index (χ4n) is 4.54. The number of nitrogens with zero attached hydrogens (tertiary/aromatic N) is 2. The Kier molecular flexibility index (Phi) is 7.35. The van der Waals surface area contributed by atoms with Crippen molar-refractivity contribution < 1.29 is 14.4 Å². The van der Waals surface area contributed by atoms with Crippen LogP contribution in [0.2, 0.25) is 0 Å². The molecule has 3 aliphatic rings. The molecule has 1 saturated heterocycles. The zero-order chi connectivity index (χ0) is 19.1. The number of carbonyl (C=O) groups is 3. The van der Waals surface area contributed by atoms with E-state index in [-0.39, 0.29) is 36.3 Å². The molecule has 2 N–H and O–H groups in total. The zero-order valence-electron chi connectivity index (χ0n) is 16.4. The topological polar surface area (TPSA) is 81.8 Å². The molecule has 4 amide bonds. The number of amides is 4. The van der Waals surface area contributed by atoms with Crippen molar-refractivity contribution >= 4 is 17.8 Å². The van der Waals surface area contributed by atoms with Crippen molar-refractivity contribution in [1.82, 2.24) is 20.4 Å². The number of hydrogen-bond acceptors (Lipinski definition) is 3. The molecule has 0 spiro atoms. The summed E-state index contributed by atoms with van der Waals surface area (Å²) in [5, 5.41) is 5.65. The fourth-order valence-corrected chi connectivity index (χ4v) is 4.54. The molecular weight excluding hydrogens is 344 g/mol. The van der Waals surface area contributed by atoms with Crippen LogP contribution in [-0.2, 0) is 9.59 Å². The van der Waals surface area contributed by atoms with Crippen LogP contribution in [-0.4, -0.2) is 66.4 Å². The van der Waals surface area contributed by atoms with Crippen LogP contribution in [0, 0.1) is 5.92 Å². The standard InChI is InChI=1S/C20H34N4O3/c25-18(15-21-20(27)22-17-9-5-2-6-10-17)23-11-13-24(14-12-23)19(26)16-7-3-1-4-8-16/h16-17H,1-15H2,(H2,21,22,27). The minimum absolute atomic E-state index is 0.0229. The molecule has 1 aliphatic heterocycles. The second kappa shape index (κ2) is 9.95. The summed E-state index contributed by atoms with van der Waals surface area (Å²) < 4.78 is 0. The van der Waals surface area contributed by atoms with Gasteiger partial charge in [0.2, 0.25) is 11.8 Å². The van der Waals surface area contributed by atoms with E-state index in [1.165, 1.54) is 12.8 Å². The third-order valence-electron chi connectivity index (χ3n) is 6.24. The number of piperazine rings is 1. The Morgan fingerprint density at radius 1 is 0.741 bits per heavy atom. The molecule has 2 aliphatic carbocycles. The fraction of sp³-hybridized carbons (Fsp3) is 0.850. The van der Waals surface area contributed by atoms with E-state index < -0.39 is 0 Å². The number of urea groups is 1. The first-order valence-electron chi connectivity index (χ1n) is 10.7. The molecule has 0 bridgehead atoms. The smallest absolute Gasteiger partial charge is 0.315 e. The van der Waals surface area contributed by atoms with E-state index >= 15 is 0 Å². The molecule has 0 aromatic carbocycles. The summed E-state index contributed by atoms with van der Waals surface area (Å²) in [4.78, 5) is 40.6. The van der Waals surface area contributed by atoms with Crippen molar-refractivity contribution in [3.8, 4) is 0 Å². The van der Waals surface area contributed by atoms with Crippen LogP contribution in [0.1, 0.15) is 64.2 Å². The molecule has 7 heteroatoms. The molecule has 0 unspecified atom stereocenters. The second-order valence-electron chi connectivity index (χ2n) is 8.20. The lowest BCUT2D eigenvalue weighted by atomic mass is 9.88. The lowest BCUT2D eigenvalue weighted by Gasteiger charge is -2.37. The van der Waals surface area contributed by atoms with Crippen LogP contribution in [0.25, 0.3) is 0 Å². The van der Waals surface area contributed by atoms with Crippen LogP contribution >= 0.6 is 0 Å². The van der Waals surface area contributed by atoms with Crippen molar-refractivity contribution in [3.05, 3.63) is 0 Å². The van der Waals surface area contributed by atoms with Gasteiger partial charge in [0, 0.05) is 38.1 Å². The Morgan fingerprint density at radius 3 is 1.93 bits per heavy atom. The quantitative estimate of drug-likeness (QED) is 0.783. The van der Waals surface area contributed by atoms with Gasteiger partial charge in [0.05, 0.1) is 6.54 Å². The number of hydrogen-bond donors (Lipinski definition) is 2. The average Bonchev–Trinajstić information content (AvgIpc) is 2.73. The number of rotatable bonds is 4. The molecule has 152 valence electrons. The highest BCUT2D eigenvalue weighted by Gasteiger charge is 2.29. The molecule has 0 atom stereocenters. The Bertz CT molecular complexity index is 519. The van der Waals surface area contributed by atoms with Gasteiger partial charge in [-0.1, -0.05) is 38.5 Å². The van der Waals surface area contributed by atoms with E-state index in [9.17, 15) is 14.4 Å². The molecule has 1 heterocycles. The minimum atomic E-state index is -0.249. The average molecular weight is 379 g/mol. The maximum Gasteiger partial charge on any atom is 0.315 e. The molecule has 7 nitrogen and oxygen atoms in total. The number of nitrogens with one attached hydrogen (secondary N) is 2. The third-order valence-corrected chi connectivity index (χ3v) is 6.24. The third kappa shape index (κ3) is 5.84. The summed E-state index contributed by atoms with van der Waals surface area (Å²) in [6.45, 7) is 2.35. The lowest BCUT2D eigenvalue weighted by Crippen LogP contribution is -2.54. The molecule has 0 radical (unpaired) electrons. The van der Waals surface area contributed by atoms with Crippen LogP contribution in [0.5, 0.6) is 0 Å². The first-order chi connectivity index (χ1) is 13.1. The van der Waals surface area contributed by atoms with Crippen molar-refractivity contribution in [2.75, 3.05) is 32.7 Å². The van der Waals surface area contributed by atoms with Crippen molar-refractivity contribution in [2.24, 2.45) is 5.92 Å². The predicted molar refractivity (Wildman–Crippen MR) is 103 cm³/mol. The van der Waals surface area contributed by atoms with Gasteiger partial charge >= 0.3 is 6.03 Å². The summed E-state index contributed by atoms with van der Waals surface area (Å²) in [7, 11) is 0. The van der Waals surface area contributed by atoms with Crippen LogP contribution in [0.4, 0.5) is 4.79 Å². The zero-order valence-corrected chi connectivity index (χ0v) is 16.4. The molecular formula is C20H34N4O3. The van der Waals surface area contributed by atoms with E-state index in [1.54, 1.807) is 4.90 Å². The molecule has 0 aromatic rings. The number of carbonyl (C=O) groups excluding carboxylic acids is 3. The van der Waals surface area contributed by atoms with Gasteiger partial charge < -0.3 is 20.4 Å². The Hall–Kier alpha value is -1.79. The van der Waals surface area contributed by atoms with Gasteiger partial charge in [0.1, 0.15) is 0 Å². The predicted octanol–water partition coefficient (Wildman–Crippen LogP) is 1.87. The van der Waals surface area contributed by atoms with Crippen LogP contribution in [0.3, 0.4) is 0 Å². The monoisotopic (exact) mass is 378 g/mol. The summed E-state index contributed by atoms with van der Waals surface area (Å²) >= 11 is 0. The van der Waals surface area contributed by atoms with Crippen LogP contribution < -0.4 is 10.6 Å². The van der Waals surface area contributed by atoms with Gasteiger partial charge in [-0.2, -0.15) is 0 Å². The summed E-state index contributed by atoms with van der Waals surface area (Å²) in [6, 6.07) is -0.00967. The van der Waals surface area contributed by atoms with E-state index in [4.69, 9.17) is 0 Å². The van der Waals surface area contributed by atoms with Gasteiger partial charge in [-0.25, -0.2) is 4.79 Å². The van der Waals surface area contributed by atoms with E-state index in [0.717, 1.165) is 51.4 Å². The molecule has 0 aromatic heterocycles. The largest absolute Gasteiger partial charge is 0.339 e. The highest BCUT2D eigenvalue weighted by atomic mass is 16.2. The van der Waals surface area contributed by atoms with Gasteiger partial charge in [0.15, 0.2) is 0 Å². The maximum atomic E-state index is 12.6. The van der Waals surface area contributed by atoms with Gasteiger partial charge in [-0.15, -0.1) is 0 Å². The van der Waals surface area contributed by atoms with E-state index in [1.807, 2.05) is 4.90 Å². The highest BCUT2D eigenvalue weighted by molar-refractivity contribution is 5.84. The Morgan fingerprint density at radius 2 is 1.30 bits per heavy atom. The molecule has 3 rings (SSSR count). The van der Waals surface area contributed by atoms with E-state index in [0.29, 0.717) is 26.2 Å². The summed E-state index contributed by atoms with van der Waals surface area (Å²) in [6.07, 6.45) is 11.2. The SMILES string of the molecule is O=C(NCC(=O)N1CCN(C(=O)C2CCCCC2)CC1)NC1CCCCC1. The first kappa shape index (κ1) is 20.0. The molecule has 3 fully saturated rings. The van der Waals surface area contributed by atoms with Gasteiger partial charge in [-0.05, 0) is 25.7 Å². The van der Waals surface area contributed by atoms with Gasteiger partial charge in [-0.3, -0.25) is 9.59 Å². The maximum absolute atomic E-state index is 12.6. The van der Waals surface area contributed by atoms with E-state index in [2.05, 4.69) is 10.6 Å². The minimum Gasteiger partial charge on any atom is -0.339 e. The summed E-state index contributed by atoms with van der Waals surface area (Å²) in [5.74, 6) is 0.386. The Balaban J connectivity index is 1.34. The van der Waals surface area contributed by atoms with Crippen LogP contribution in [0.15, 0.2) is 0 Å². The Labute approximate surface area is 162 Å². The van der Waals surface area contributed by atoms with Crippen molar-refractivity contribution in [2.45, 2.75) is 70.3 Å². The first-order valence-corrected chi connectivity index (χ1v) is 10.7. The van der Waals surface area contributed by atoms with Gasteiger partial charge in [0.25, 0.3) is 0 Å². The lowest BCUT2D eigenvalue weighted by molar-refractivity contribution is -0.142. The second-order valence-corrected chi connectivity index (χ2v) is 8.20. The molecule has 27 heavy (non-hydrogen) atoms. The van der Waals surface area contributed by atoms with Crippen molar-refractivity contribution in [1.29, 1.82) is 0 Å². The normalized spacial score (nSPS) is 22.4. The highest BCUT2D eigenvalue weighted by Crippen LogP contribution is 2.25. The van der Waals surface area contributed by atoms with Crippen molar-refractivity contribution in [3.63, 3.8) is 0 Å². The summed E-state index contributed by atoms with van der Waals surface area (Å²) in [5.41, 5.74) is 0.